The molecule has 0 amide bonds. The highest BCUT2D eigenvalue weighted by atomic mass is 16.3. The van der Waals surface area contributed by atoms with Gasteiger partial charge in [-0.05, 0) is 26.3 Å². The predicted molar refractivity (Wildman–Crippen MR) is 60.6 cm³/mol. The van der Waals surface area contributed by atoms with E-state index in [1.807, 2.05) is 38.6 Å². The van der Waals surface area contributed by atoms with Crippen LogP contribution in [0.3, 0.4) is 0 Å². The number of rotatable bonds is 5. The van der Waals surface area contributed by atoms with Crippen LogP contribution in [0.1, 0.15) is 31.7 Å². The van der Waals surface area contributed by atoms with E-state index < -0.39 is 5.60 Å². The molecule has 1 aromatic heterocycles. The molecule has 1 atom stereocenters. The van der Waals surface area contributed by atoms with Crippen LogP contribution in [0.5, 0.6) is 0 Å². The van der Waals surface area contributed by atoms with Gasteiger partial charge in [-0.2, -0.15) is 5.10 Å². The lowest BCUT2D eigenvalue weighted by atomic mass is 10.0. The summed E-state index contributed by atoms with van der Waals surface area (Å²) in [6.07, 6.45) is 0.754. The largest absolute Gasteiger partial charge is 0.389 e. The van der Waals surface area contributed by atoms with Crippen molar-refractivity contribution in [2.24, 2.45) is 7.05 Å². The molecule has 1 aromatic rings. The van der Waals surface area contributed by atoms with Crippen LogP contribution in [0, 0.1) is 6.92 Å². The monoisotopic (exact) mass is 211 g/mol. The Morgan fingerprint density at radius 3 is 2.73 bits per heavy atom. The summed E-state index contributed by atoms with van der Waals surface area (Å²) < 4.78 is 1.86. The molecule has 0 spiro atoms. The number of aromatic nitrogens is 2. The van der Waals surface area contributed by atoms with Crippen molar-refractivity contribution in [2.75, 3.05) is 6.54 Å². The van der Waals surface area contributed by atoms with Crippen LogP contribution in [0.4, 0.5) is 0 Å². The first kappa shape index (κ1) is 12.2. The van der Waals surface area contributed by atoms with Crippen molar-refractivity contribution in [3.05, 3.63) is 17.5 Å². The maximum absolute atomic E-state index is 9.79. The van der Waals surface area contributed by atoms with E-state index in [2.05, 4.69) is 10.4 Å². The third kappa shape index (κ3) is 3.64. The van der Waals surface area contributed by atoms with Crippen LogP contribution < -0.4 is 5.32 Å². The molecule has 0 saturated heterocycles. The molecule has 0 aliphatic heterocycles. The molecular formula is C11H21N3O. The molecule has 86 valence electrons. The molecule has 2 N–H and O–H groups in total. The number of aryl methyl sites for hydroxylation is 2. The summed E-state index contributed by atoms with van der Waals surface area (Å²) in [4.78, 5) is 0. The Labute approximate surface area is 91.3 Å². The second-order valence-electron chi connectivity index (χ2n) is 4.35. The number of hydrogen-bond donors (Lipinski definition) is 2. The summed E-state index contributed by atoms with van der Waals surface area (Å²) in [7, 11) is 1.93. The Morgan fingerprint density at radius 1 is 1.60 bits per heavy atom. The molecule has 0 aliphatic rings. The van der Waals surface area contributed by atoms with Crippen molar-refractivity contribution in [2.45, 2.75) is 39.3 Å². The Kier molecular flexibility index (Phi) is 3.88. The first-order chi connectivity index (χ1) is 6.94. The number of nitrogens with one attached hydrogen (secondary N) is 1. The van der Waals surface area contributed by atoms with Gasteiger partial charge in [-0.15, -0.1) is 0 Å². The zero-order chi connectivity index (χ0) is 11.5. The summed E-state index contributed by atoms with van der Waals surface area (Å²) in [5.74, 6) is 0. The molecule has 4 heteroatoms. The van der Waals surface area contributed by atoms with Crippen LogP contribution in [-0.2, 0) is 13.6 Å². The van der Waals surface area contributed by atoms with Crippen LogP contribution in [0.15, 0.2) is 6.07 Å². The van der Waals surface area contributed by atoms with Gasteiger partial charge < -0.3 is 10.4 Å². The molecule has 0 bridgehead atoms. The van der Waals surface area contributed by atoms with Crippen molar-refractivity contribution in [3.8, 4) is 0 Å². The van der Waals surface area contributed by atoms with Crippen molar-refractivity contribution >= 4 is 0 Å². The van der Waals surface area contributed by atoms with E-state index in [4.69, 9.17) is 0 Å². The summed E-state index contributed by atoms with van der Waals surface area (Å²) in [6, 6.07) is 2.05. The van der Waals surface area contributed by atoms with Gasteiger partial charge in [0.05, 0.1) is 17.0 Å². The molecule has 1 rings (SSSR count). The first-order valence-electron chi connectivity index (χ1n) is 5.37. The number of hydrogen-bond acceptors (Lipinski definition) is 3. The Balaban J connectivity index is 2.41. The standard InChI is InChI=1S/C11H21N3O/c1-5-11(3,15)8-12-7-10-6-9(2)13-14(10)4/h6,12,15H,5,7-8H2,1-4H3. The van der Waals surface area contributed by atoms with Gasteiger partial charge in [0.15, 0.2) is 0 Å². The quantitative estimate of drug-likeness (QED) is 0.763. The minimum absolute atomic E-state index is 0.605. The Morgan fingerprint density at radius 2 is 2.27 bits per heavy atom. The molecule has 15 heavy (non-hydrogen) atoms. The highest BCUT2D eigenvalue weighted by Gasteiger charge is 2.16. The zero-order valence-electron chi connectivity index (χ0n) is 10.0. The lowest BCUT2D eigenvalue weighted by Crippen LogP contribution is -2.37. The molecule has 0 aromatic carbocycles. The fourth-order valence-corrected chi connectivity index (χ4v) is 1.41. The number of aliphatic hydroxyl groups is 1. The van der Waals surface area contributed by atoms with E-state index in [0.717, 1.165) is 24.4 Å². The number of nitrogens with zero attached hydrogens (tertiary/aromatic N) is 2. The van der Waals surface area contributed by atoms with Crippen molar-refractivity contribution < 1.29 is 5.11 Å². The molecule has 0 fully saturated rings. The van der Waals surface area contributed by atoms with Crippen LogP contribution in [0.2, 0.25) is 0 Å². The maximum atomic E-state index is 9.79. The average molecular weight is 211 g/mol. The molecule has 0 saturated carbocycles. The predicted octanol–water partition coefficient (Wildman–Crippen LogP) is 0.979. The second kappa shape index (κ2) is 4.77. The fourth-order valence-electron chi connectivity index (χ4n) is 1.41. The summed E-state index contributed by atoms with van der Waals surface area (Å²) in [5, 5.41) is 17.3. The van der Waals surface area contributed by atoms with Crippen LogP contribution in [0.25, 0.3) is 0 Å². The van der Waals surface area contributed by atoms with Crippen molar-refractivity contribution in [1.82, 2.24) is 15.1 Å². The van der Waals surface area contributed by atoms with E-state index in [1.165, 1.54) is 0 Å². The normalized spacial score (nSPS) is 15.3. The summed E-state index contributed by atoms with van der Waals surface area (Å²) >= 11 is 0. The van der Waals surface area contributed by atoms with Crippen molar-refractivity contribution in [3.63, 3.8) is 0 Å². The van der Waals surface area contributed by atoms with E-state index in [9.17, 15) is 5.11 Å². The van der Waals surface area contributed by atoms with E-state index in [-0.39, 0.29) is 0 Å². The van der Waals surface area contributed by atoms with E-state index in [0.29, 0.717) is 6.54 Å². The van der Waals surface area contributed by atoms with Crippen molar-refractivity contribution in [1.29, 1.82) is 0 Å². The summed E-state index contributed by atoms with van der Waals surface area (Å²) in [5.41, 5.74) is 1.55. The van der Waals surface area contributed by atoms with Crippen LogP contribution in [-0.4, -0.2) is 27.0 Å². The molecule has 0 aliphatic carbocycles. The van der Waals surface area contributed by atoms with E-state index >= 15 is 0 Å². The van der Waals surface area contributed by atoms with Gasteiger partial charge in [-0.3, -0.25) is 4.68 Å². The second-order valence-corrected chi connectivity index (χ2v) is 4.35. The minimum Gasteiger partial charge on any atom is -0.389 e. The van der Waals surface area contributed by atoms with E-state index in [1.54, 1.807) is 0 Å². The Hall–Kier alpha value is -0.870. The Bertz CT molecular complexity index is 318. The van der Waals surface area contributed by atoms with Gasteiger partial charge in [0, 0.05) is 20.1 Å². The highest BCUT2D eigenvalue weighted by Crippen LogP contribution is 2.07. The third-order valence-electron chi connectivity index (χ3n) is 2.67. The third-order valence-corrected chi connectivity index (χ3v) is 2.67. The van der Waals surface area contributed by atoms with Gasteiger partial charge >= 0.3 is 0 Å². The van der Waals surface area contributed by atoms with Crippen LogP contribution >= 0.6 is 0 Å². The lowest BCUT2D eigenvalue weighted by molar-refractivity contribution is 0.0554. The topological polar surface area (TPSA) is 50.1 Å². The zero-order valence-corrected chi connectivity index (χ0v) is 10.0. The molecular weight excluding hydrogens is 190 g/mol. The molecule has 1 unspecified atom stereocenters. The van der Waals surface area contributed by atoms with Gasteiger partial charge in [-0.1, -0.05) is 6.92 Å². The van der Waals surface area contributed by atoms with Gasteiger partial charge in [0.25, 0.3) is 0 Å². The van der Waals surface area contributed by atoms with Gasteiger partial charge in [0.2, 0.25) is 0 Å². The molecule has 0 radical (unpaired) electrons. The fraction of sp³-hybridized carbons (Fsp3) is 0.727. The van der Waals surface area contributed by atoms with Gasteiger partial charge in [-0.25, -0.2) is 0 Å². The minimum atomic E-state index is -0.617. The van der Waals surface area contributed by atoms with Gasteiger partial charge in [0.1, 0.15) is 0 Å². The SMILES string of the molecule is CCC(C)(O)CNCc1cc(C)nn1C. The maximum Gasteiger partial charge on any atom is 0.0741 e. The molecule has 4 nitrogen and oxygen atoms in total. The summed E-state index contributed by atoms with van der Waals surface area (Å²) in [6.45, 7) is 7.15. The average Bonchev–Trinajstić information content (AvgIpc) is 2.45. The molecule has 1 heterocycles. The lowest BCUT2D eigenvalue weighted by Gasteiger charge is -2.21. The first-order valence-corrected chi connectivity index (χ1v) is 5.37. The smallest absolute Gasteiger partial charge is 0.0741 e. The highest BCUT2D eigenvalue weighted by molar-refractivity contribution is 5.08.